The number of benzene rings is 1. The Balaban J connectivity index is 1.75. The zero-order valence-corrected chi connectivity index (χ0v) is 12.8. The Morgan fingerprint density at radius 3 is 2.67 bits per heavy atom. The molecular weight excluding hydrogens is 266 g/mol. The van der Waals surface area contributed by atoms with Crippen LogP contribution < -0.4 is 14.8 Å². The molecule has 0 saturated carbocycles. The molecule has 2 saturated heterocycles. The van der Waals surface area contributed by atoms with Crippen LogP contribution in [-0.4, -0.2) is 33.0 Å². The first-order valence-corrected chi connectivity index (χ1v) is 8.02. The Morgan fingerprint density at radius 1 is 1.10 bits per heavy atom. The predicted molar refractivity (Wildman–Crippen MR) is 82.1 cm³/mol. The van der Waals surface area contributed by atoms with Gasteiger partial charge in [0, 0.05) is 18.9 Å². The molecule has 0 bridgehead atoms. The Kier molecular flexibility index (Phi) is 4.99. The lowest BCUT2D eigenvalue weighted by Gasteiger charge is -2.27. The largest absolute Gasteiger partial charge is 0.493 e. The van der Waals surface area contributed by atoms with Crippen LogP contribution in [0.5, 0.6) is 11.5 Å². The second kappa shape index (κ2) is 7.14. The third kappa shape index (κ3) is 3.69. The van der Waals surface area contributed by atoms with Gasteiger partial charge in [-0.05, 0) is 37.1 Å². The Bertz CT molecular complexity index is 451. The van der Waals surface area contributed by atoms with E-state index in [0.29, 0.717) is 6.04 Å². The van der Waals surface area contributed by atoms with Crippen molar-refractivity contribution in [3.8, 4) is 11.5 Å². The van der Waals surface area contributed by atoms with E-state index < -0.39 is 0 Å². The van der Waals surface area contributed by atoms with E-state index in [4.69, 9.17) is 14.2 Å². The van der Waals surface area contributed by atoms with Crippen molar-refractivity contribution in [2.45, 2.75) is 44.2 Å². The van der Waals surface area contributed by atoms with E-state index in [1.165, 1.54) is 24.8 Å². The molecule has 0 aromatic heterocycles. The highest BCUT2D eigenvalue weighted by molar-refractivity contribution is 5.44. The summed E-state index contributed by atoms with van der Waals surface area (Å²) < 4.78 is 17.0. The molecule has 0 spiro atoms. The van der Waals surface area contributed by atoms with Crippen molar-refractivity contribution in [3.63, 3.8) is 0 Å². The summed E-state index contributed by atoms with van der Waals surface area (Å²) in [5, 5.41) is 3.59. The molecule has 2 fully saturated rings. The highest BCUT2D eigenvalue weighted by Gasteiger charge is 2.20. The van der Waals surface area contributed by atoms with Gasteiger partial charge in [0.05, 0.1) is 20.3 Å². The Morgan fingerprint density at radius 2 is 1.95 bits per heavy atom. The number of piperidine rings is 1. The van der Waals surface area contributed by atoms with Crippen LogP contribution in [0.25, 0.3) is 0 Å². The number of hydrogen-bond donors (Lipinski definition) is 1. The third-order valence-electron chi connectivity index (χ3n) is 4.36. The highest BCUT2D eigenvalue weighted by Crippen LogP contribution is 2.34. The van der Waals surface area contributed by atoms with Crippen molar-refractivity contribution in [2.24, 2.45) is 0 Å². The van der Waals surface area contributed by atoms with Gasteiger partial charge in [-0.25, -0.2) is 0 Å². The number of rotatable bonds is 4. The minimum atomic E-state index is 0.238. The van der Waals surface area contributed by atoms with Gasteiger partial charge in [-0.1, -0.05) is 12.5 Å². The van der Waals surface area contributed by atoms with Gasteiger partial charge in [0.15, 0.2) is 11.5 Å². The van der Waals surface area contributed by atoms with Crippen LogP contribution in [0.15, 0.2) is 18.2 Å². The van der Waals surface area contributed by atoms with Crippen LogP contribution >= 0.6 is 0 Å². The normalized spacial score (nSPS) is 23.8. The van der Waals surface area contributed by atoms with Crippen molar-refractivity contribution < 1.29 is 14.2 Å². The standard InChI is InChI=1S/C17H25NO3/c1-19-16-6-5-13(15-4-2-3-9-18-15)12-17(16)21-14-7-10-20-11-8-14/h5-6,12,14-15,18H,2-4,7-11H2,1H3. The van der Waals surface area contributed by atoms with E-state index in [2.05, 4.69) is 17.4 Å². The molecule has 2 aliphatic rings. The Hall–Kier alpha value is -1.26. The van der Waals surface area contributed by atoms with Crippen molar-refractivity contribution in [3.05, 3.63) is 23.8 Å². The van der Waals surface area contributed by atoms with Gasteiger partial charge in [-0.15, -0.1) is 0 Å². The average molecular weight is 291 g/mol. The van der Waals surface area contributed by atoms with E-state index in [9.17, 15) is 0 Å². The van der Waals surface area contributed by atoms with E-state index in [0.717, 1.165) is 44.1 Å². The van der Waals surface area contributed by atoms with E-state index >= 15 is 0 Å². The third-order valence-corrected chi connectivity index (χ3v) is 4.36. The lowest BCUT2D eigenvalue weighted by Crippen LogP contribution is -2.27. The second-order valence-electron chi connectivity index (χ2n) is 5.84. The maximum absolute atomic E-state index is 6.18. The molecule has 116 valence electrons. The van der Waals surface area contributed by atoms with Crippen LogP contribution in [-0.2, 0) is 4.74 Å². The highest BCUT2D eigenvalue weighted by atomic mass is 16.5. The lowest BCUT2D eigenvalue weighted by molar-refractivity contribution is 0.0245. The maximum atomic E-state index is 6.18. The fourth-order valence-corrected chi connectivity index (χ4v) is 3.11. The first-order chi connectivity index (χ1) is 10.4. The molecule has 21 heavy (non-hydrogen) atoms. The SMILES string of the molecule is COc1ccc(C2CCCCN2)cc1OC1CCOCC1. The van der Waals surface area contributed by atoms with Gasteiger partial charge in [0.2, 0.25) is 0 Å². The van der Waals surface area contributed by atoms with Crippen molar-refractivity contribution in [1.29, 1.82) is 0 Å². The predicted octanol–water partition coefficient (Wildman–Crippen LogP) is 3.07. The molecule has 0 radical (unpaired) electrons. The Labute approximate surface area is 126 Å². The topological polar surface area (TPSA) is 39.7 Å². The maximum Gasteiger partial charge on any atom is 0.161 e. The van der Waals surface area contributed by atoms with Gasteiger partial charge < -0.3 is 19.5 Å². The summed E-state index contributed by atoms with van der Waals surface area (Å²) in [6.07, 6.45) is 5.91. The average Bonchev–Trinajstić information content (AvgIpc) is 2.56. The molecule has 0 aliphatic carbocycles. The van der Waals surface area contributed by atoms with E-state index in [1.807, 2.05) is 6.07 Å². The summed E-state index contributed by atoms with van der Waals surface area (Å²) in [6.45, 7) is 2.68. The zero-order chi connectivity index (χ0) is 14.5. The summed E-state index contributed by atoms with van der Waals surface area (Å²) in [6, 6.07) is 6.78. The van der Waals surface area contributed by atoms with Crippen molar-refractivity contribution >= 4 is 0 Å². The molecule has 1 N–H and O–H groups in total. The van der Waals surface area contributed by atoms with Crippen LogP contribution in [0.4, 0.5) is 0 Å². The fraction of sp³-hybridized carbons (Fsp3) is 0.647. The van der Waals surface area contributed by atoms with Gasteiger partial charge >= 0.3 is 0 Å². The lowest BCUT2D eigenvalue weighted by atomic mass is 9.97. The number of nitrogens with one attached hydrogen (secondary N) is 1. The minimum absolute atomic E-state index is 0.238. The minimum Gasteiger partial charge on any atom is -0.493 e. The van der Waals surface area contributed by atoms with Gasteiger partial charge in [-0.3, -0.25) is 0 Å². The smallest absolute Gasteiger partial charge is 0.161 e. The summed E-state index contributed by atoms with van der Waals surface area (Å²) >= 11 is 0. The van der Waals surface area contributed by atoms with Crippen LogP contribution in [0.2, 0.25) is 0 Å². The first-order valence-electron chi connectivity index (χ1n) is 8.02. The molecular formula is C17H25NO3. The molecule has 4 nitrogen and oxygen atoms in total. The molecule has 1 atom stereocenters. The number of hydrogen-bond acceptors (Lipinski definition) is 4. The van der Waals surface area contributed by atoms with Crippen LogP contribution in [0.1, 0.15) is 43.7 Å². The molecule has 4 heteroatoms. The molecule has 2 aliphatic heterocycles. The summed E-state index contributed by atoms with van der Waals surface area (Å²) in [4.78, 5) is 0. The van der Waals surface area contributed by atoms with Gasteiger partial charge in [0.1, 0.15) is 6.10 Å². The van der Waals surface area contributed by atoms with Crippen molar-refractivity contribution in [2.75, 3.05) is 26.9 Å². The molecule has 3 rings (SSSR count). The van der Waals surface area contributed by atoms with E-state index in [-0.39, 0.29) is 6.10 Å². The summed E-state index contributed by atoms with van der Waals surface area (Å²) in [5.74, 6) is 1.69. The number of methoxy groups -OCH3 is 1. The fourth-order valence-electron chi connectivity index (χ4n) is 3.11. The summed E-state index contributed by atoms with van der Waals surface area (Å²) in [7, 11) is 1.70. The first kappa shape index (κ1) is 14.7. The van der Waals surface area contributed by atoms with Crippen molar-refractivity contribution in [1.82, 2.24) is 5.32 Å². The van der Waals surface area contributed by atoms with Crippen LogP contribution in [0, 0.1) is 0 Å². The quantitative estimate of drug-likeness (QED) is 0.925. The van der Waals surface area contributed by atoms with Gasteiger partial charge in [0.25, 0.3) is 0 Å². The summed E-state index contributed by atoms with van der Waals surface area (Å²) in [5.41, 5.74) is 1.30. The molecule has 0 amide bonds. The molecule has 1 unspecified atom stereocenters. The van der Waals surface area contributed by atoms with E-state index in [1.54, 1.807) is 7.11 Å². The monoisotopic (exact) mass is 291 g/mol. The number of ether oxygens (including phenoxy) is 3. The molecule has 1 aromatic carbocycles. The molecule has 2 heterocycles. The van der Waals surface area contributed by atoms with Gasteiger partial charge in [-0.2, -0.15) is 0 Å². The van der Waals surface area contributed by atoms with Crippen LogP contribution in [0.3, 0.4) is 0 Å². The second-order valence-corrected chi connectivity index (χ2v) is 5.84. The molecule has 1 aromatic rings. The zero-order valence-electron chi connectivity index (χ0n) is 12.8.